The molecule has 1 aromatic heterocycles. The standard InChI is InChI=1S/C32H37N3O2/c1-20-18-28(33-21(20)2)32(3,4)34-31(36)23-14-15-24-26(19-23)35-16-17-37-27-13-9-8-12-25(27)30(35)29(24)22-10-6-5-7-11-22/h8-9,12-15,19,22H,5-7,10-11,16-18H2,1-4H3,(H,34,36). The van der Waals surface area contributed by atoms with Crippen molar-refractivity contribution in [1.82, 2.24) is 9.88 Å². The SMILES string of the molecule is CC1=C(C)N=C(C(C)(C)NC(=O)c2ccc3c(C4CCCCC4)c4n(c3c2)CCOc2ccccc2-4)C1. The van der Waals surface area contributed by atoms with E-state index in [1.807, 2.05) is 26.8 Å². The van der Waals surface area contributed by atoms with Gasteiger partial charge in [0.15, 0.2) is 0 Å². The van der Waals surface area contributed by atoms with Gasteiger partial charge in [0, 0.05) is 39.9 Å². The van der Waals surface area contributed by atoms with E-state index in [0.717, 1.165) is 35.6 Å². The van der Waals surface area contributed by atoms with Crippen molar-refractivity contribution < 1.29 is 9.53 Å². The molecule has 2 aromatic carbocycles. The summed E-state index contributed by atoms with van der Waals surface area (Å²) in [4.78, 5) is 18.3. The van der Waals surface area contributed by atoms with E-state index in [4.69, 9.17) is 9.73 Å². The van der Waals surface area contributed by atoms with Gasteiger partial charge < -0.3 is 14.6 Å². The number of hydrogen-bond donors (Lipinski definition) is 1. The summed E-state index contributed by atoms with van der Waals surface area (Å²) in [7, 11) is 0. The molecule has 3 aliphatic rings. The molecule has 192 valence electrons. The van der Waals surface area contributed by atoms with E-state index in [0.29, 0.717) is 18.1 Å². The maximum Gasteiger partial charge on any atom is 0.252 e. The Balaban J connectivity index is 1.43. The summed E-state index contributed by atoms with van der Waals surface area (Å²) >= 11 is 0. The Kier molecular flexibility index (Phi) is 5.97. The number of nitrogens with zero attached hydrogens (tertiary/aromatic N) is 2. The Morgan fingerprint density at radius 1 is 1.08 bits per heavy atom. The van der Waals surface area contributed by atoms with Gasteiger partial charge in [0.2, 0.25) is 0 Å². The van der Waals surface area contributed by atoms with Gasteiger partial charge >= 0.3 is 0 Å². The summed E-state index contributed by atoms with van der Waals surface area (Å²) in [6, 6.07) is 14.7. The number of aromatic nitrogens is 1. The van der Waals surface area contributed by atoms with Crippen LogP contribution in [0.1, 0.15) is 88.1 Å². The van der Waals surface area contributed by atoms with Crippen molar-refractivity contribution >= 4 is 22.5 Å². The van der Waals surface area contributed by atoms with Crippen LogP contribution in [0.3, 0.4) is 0 Å². The molecular formula is C32H37N3O2. The molecule has 3 aromatic rings. The van der Waals surface area contributed by atoms with Crippen LogP contribution in [0.25, 0.3) is 22.2 Å². The number of ether oxygens (including phenoxy) is 1. The minimum absolute atomic E-state index is 0.0585. The highest BCUT2D eigenvalue weighted by Crippen LogP contribution is 2.47. The highest BCUT2D eigenvalue weighted by molar-refractivity contribution is 6.05. The summed E-state index contributed by atoms with van der Waals surface area (Å²) < 4.78 is 8.59. The zero-order chi connectivity index (χ0) is 25.7. The highest BCUT2D eigenvalue weighted by atomic mass is 16.5. The van der Waals surface area contributed by atoms with Crippen LogP contribution in [0.4, 0.5) is 0 Å². The lowest BCUT2D eigenvalue weighted by atomic mass is 9.81. The van der Waals surface area contributed by atoms with E-state index in [1.54, 1.807) is 0 Å². The van der Waals surface area contributed by atoms with E-state index in [2.05, 4.69) is 53.2 Å². The molecule has 1 amide bonds. The molecule has 5 nitrogen and oxygen atoms in total. The fourth-order valence-corrected chi connectivity index (χ4v) is 6.39. The Morgan fingerprint density at radius 2 is 1.86 bits per heavy atom. The van der Waals surface area contributed by atoms with Crippen LogP contribution in [0.15, 0.2) is 58.7 Å². The van der Waals surface area contributed by atoms with E-state index >= 15 is 0 Å². The Morgan fingerprint density at radius 3 is 2.62 bits per heavy atom. The maximum atomic E-state index is 13.6. The van der Waals surface area contributed by atoms with Crippen molar-refractivity contribution in [3.63, 3.8) is 0 Å². The minimum Gasteiger partial charge on any atom is -0.491 e. The summed E-state index contributed by atoms with van der Waals surface area (Å²) in [6.45, 7) is 9.64. The molecule has 1 aliphatic carbocycles. The van der Waals surface area contributed by atoms with Crippen molar-refractivity contribution in [2.24, 2.45) is 4.99 Å². The number of carbonyl (C=O) groups is 1. The molecule has 1 fully saturated rings. The molecule has 0 atom stereocenters. The third kappa shape index (κ3) is 4.18. The molecule has 1 saturated carbocycles. The van der Waals surface area contributed by atoms with Crippen LogP contribution < -0.4 is 10.1 Å². The first-order valence-electron chi connectivity index (χ1n) is 13.8. The lowest BCUT2D eigenvalue weighted by Crippen LogP contribution is -2.49. The molecule has 0 radical (unpaired) electrons. The van der Waals surface area contributed by atoms with Gasteiger partial charge in [-0.15, -0.1) is 0 Å². The van der Waals surface area contributed by atoms with Crippen molar-refractivity contribution in [3.8, 4) is 17.0 Å². The third-order valence-corrected chi connectivity index (χ3v) is 8.59. The van der Waals surface area contributed by atoms with Gasteiger partial charge in [0.25, 0.3) is 5.91 Å². The molecule has 0 spiro atoms. The molecule has 0 bridgehead atoms. The van der Waals surface area contributed by atoms with Crippen molar-refractivity contribution in [3.05, 3.63) is 64.9 Å². The second-order valence-electron chi connectivity index (χ2n) is 11.5. The van der Waals surface area contributed by atoms with Gasteiger partial charge in [-0.25, -0.2) is 0 Å². The van der Waals surface area contributed by atoms with Crippen LogP contribution in [0.5, 0.6) is 5.75 Å². The first kappa shape index (κ1) is 24.0. The first-order chi connectivity index (χ1) is 17.8. The van der Waals surface area contributed by atoms with Gasteiger partial charge in [0.05, 0.1) is 17.8 Å². The predicted molar refractivity (Wildman–Crippen MR) is 151 cm³/mol. The van der Waals surface area contributed by atoms with Crippen molar-refractivity contribution in [2.75, 3.05) is 6.61 Å². The number of benzene rings is 2. The molecule has 1 N–H and O–H groups in total. The monoisotopic (exact) mass is 495 g/mol. The number of allylic oxidation sites excluding steroid dienone is 2. The van der Waals surface area contributed by atoms with E-state index in [9.17, 15) is 4.79 Å². The van der Waals surface area contributed by atoms with Crippen molar-refractivity contribution in [2.45, 2.75) is 84.2 Å². The molecule has 6 rings (SSSR count). The van der Waals surface area contributed by atoms with E-state index < -0.39 is 5.54 Å². The first-order valence-corrected chi connectivity index (χ1v) is 13.8. The number of aliphatic imine (C=N–C) groups is 1. The normalized spacial score (nSPS) is 18.2. The smallest absolute Gasteiger partial charge is 0.252 e. The Hall–Kier alpha value is -3.34. The number of amides is 1. The number of rotatable bonds is 4. The summed E-state index contributed by atoms with van der Waals surface area (Å²) in [5, 5.41) is 4.55. The Bertz CT molecular complexity index is 1450. The Labute approximate surface area is 219 Å². The number of hydrogen-bond acceptors (Lipinski definition) is 3. The topological polar surface area (TPSA) is 55.6 Å². The quantitative estimate of drug-likeness (QED) is 0.410. The maximum absolute atomic E-state index is 13.6. The van der Waals surface area contributed by atoms with Gasteiger partial charge in [0.1, 0.15) is 12.4 Å². The molecule has 5 heteroatoms. The van der Waals surface area contributed by atoms with E-state index in [-0.39, 0.29) is 5.91 Å². The lowest BCUT2D eigenvalue weighted by Gasteiger charge is -2.27. The van der Waals surface area contributed by atoms with Gasteiger partial charge in [-0.1, -0.05) is 37.5 Å². The zero-order valence-corrected chi connectivity index (χ0v) is 22.5. The lowest BCUT2D eigenvalue weighted by molar-refractivity contribution is 0.0931. The van der Waals surface area contributed by atoms with Gasteiger partial charge in [-0.3, -0.25) is 9.79 Å². The second-order valence-corrected chi connectivity index (χ2v) is 11.5. The average molecular weight is 496 g/mol. The molecule has 2 aliphatic heterocycles. The van der Waals surface area contributed by atoms with Crippen LogP contribution in [0, 0.1) is 0 Å². The minimum atomic E-state index is -0.513. The van der Waals surface area contributed by atoms with Crippen LogP contribution in [0.2, 0.25) is 0 Å². The average Bonchev–Trinajstić information content (AvgIpc) is 3.34. The molecule has 0 unspecified atom stereocenters. The fraction of sp³-hybridized carbons (Fsp3) is 0.438. The number of carbonyl (C=O) groups excluding carboxylic acids is 1. The van der Waals surface area contributed by atoms with Crippen LogP contribution >= 0.6 is 0 Å². The molecule has 0 saturated heterocycles. The fourth-order valence-electron chi connectivity index (χ4n) is 6.39. The molecule has 37 heavy (non-hydrogen) atoms. The summed E-state index contributed by atoms with van der Waals surface area (Å²) in [5.74, 6) is 1.44. The number of para-hydroxylation sites is 1. The van der Waals surface area contributed by atoms with Crippen molar-refractivity contribution in [1.29, 1.82) is 0 Å². The largest absolute Gasteiger partial charge is 0.491 e. The predicted octanol–water partition coefficient (Wildman–Crippen LogP) is 7.40. The summed E-state index contributed by atoms with van der Waals surface area (Å²) in [6.07, 6.45) is 7.14. The zero-order valence-electron chi connectivity index (χ0n) is 22.5. The molecular weight excluding hydrogens is 458 g/mol. The van der Waals surface area contributed by atoms with E-state index in [1.165, 1.54) is 59.9 Å². The van der Waals surface area contributed by atoms with Gasteiger partial charge in [-0.05, 0) is 81.9 Å². The van der Waals surface area contributed by atoms with Gasteiger partial charge in [-0.2, -0.15) is 0 Å². The number of nitrogens with one attached hydrogen (secondary N) is 1. The highest BCUT2D eigenvalue weighted by Gasteiger charge is 2.32. The third-order valence-electron chi connectivity index (χ3n) is 8.59. The number of fused-ring (bicyclic) bond motifs is 5. The molecule has 3 heterocycles. The van der Waals surface area contributed by atoms with Crippen LogP contribution in [-0.2, 0) is 6.54 Å². The van der Waals surface area contributed by atoms with Crippen LogP contribution in [-0.4, -0.2) is 28.3 Å². The second kappa shape index (κ2) is 9.20. The summed E-state index contributed by atoms with van der Waals surface area (Å²) in [5.41, 5.74) is 8.55.